The highest BCUT2D eigenvalue weighted by Crippen LogP contribution is 2.46. The van der Waals surface area contributed by atoms with E-state index < -0.39 is 0 Å². The second-order valence-electron chi connectivity index (χ2n) is 15.7. The van der Waals surface area contributed by atoms with Crippen LogP contribution in [0.1, 0.15) is 77.3 Å². The minimum absolute atomic E-state index is 1.09. The van der Waals surface area contributed by atoms with E-state index in [0.29, 0.717) is 0 Å². The minimum Gasteiger partial charge on any atom is -0.0801 e. The van der Waals surface area contributed by atoms with Gasteiger partial charge in [0.15, 0.2) is 0 Å². The standard InChI is InChI=1S/C27H22.C13H12.C12H12.C7H8.C2H6/c1-17-7-4-10-21(15-17)22-14-13-18(2)25(16-22)26-19(3)23-11-5-8-20-9-6-12-24(26)27(20)23;1-11-7-9-13(10-8-11)12-5-3-2-4-6-12;1-10-6-8-12(9-7-10)11-4-2-3-5-11;1-7-5-3-2-4-6-7;1-2/h4-16H,1-3H3;2-10H,1H3;2-4,6-9H,5H2,1H3;2-6H,1H3;1-2H3. The second-order valence-corrected chi connectivity index (χ2v) is 15.7. The van der Waals surface area contributed by atoms with Crippen LogP contribution in [-0.4, -0.2) is 0 Å². The Bertz CT molecular complexity index is 2740. The topological polar surface area (TPSA) is 0 Å². The Balaban J connectivity index is 0.000000152. The molecule has 0 aromatic heterocycles. The highest BCUT2D eigenvalue weighted by molar-refractivity contribution is 6.17. The molecule has 0 amide bonds. The van der Waals surface area contributed by atoms with E-state index in [1.165, 1.54) is 99.8 Å². The molecule has 0 radical (unpaired) electrons. The molecular formula is C61H60. The van der Waals surface area contributed by atoms with Crippen LogP contribution in [0.3, 0.4) is 0 Å². The predicted octanol–water partition coefficient (Wildman–Crippen LogP) is 17.4. The maximum absolute atomic E-state index is 2.37. The quantitative estimate of drug-likeness (QED) is 0.167. The maximum atomic E-state index is 2.37. The fourth-order valence-electron chi connectivity index (χ4n) is 7.78. The van der Waals surface area contributed by atoms with Gasteiger partial charge in [0, 0.05) is 0 Å². The summed E-state index contributed by atoms with van der Waals surface area (Å²) in [5.41, 5.74) is 21.3. The van der Waals surface area contributed by atoms with E-state index in [4.69, 9.17) is 0 Å². The third kappa shape index (κ3) is 11.3. The van der Waals surface area contributed by atoms with Gasteiger partial charge >= 0.3 is 0 Å². The van der Waals surface area contributed by atoms with Gasteiger partial charge in [-0.25, -0.2) is 0 Å². The molecule has 0 unspecified atom stereocenters. The molecule has 0 N–H and O–H groups in total. The van der Waals surface area contributed by atoms with Crippen LogP contribution < -0.4 is 0 Å². The van der Waals surface area contributed by atoms with Gasteiger partial charge < -0.3 is 0 Å². The van der Waals surface area contributed by atoms with Crippen LogP contribution >= 0.6 is 0 Å². The molecular weight excluding hydrogens is 733 g/mol. The Kier molecular flexibility index (Phi) is 15.4. The summed E-state index contributed by atoms with van der Waals surface area (Å²) in [7, 11) is 0. The highest BCUT2D eigenvalue weighted by Gasteiger charge is 2.23. The van der Waals surface area contributed by atoms with Crippen molar-refractivity contribution in [2.24, 2.45) is 0 Å². The molecule has 0 nitrogen and oxygen atoms in total. The van der Waals surface area contributed by atoms with Crippen LogP contribution in [0.15, 0.2) is 206 Å². The molecule has 8 aromatic carbocycles. The summed E-state index contributed by atoms with van der Waals surface area (Å²) in [4.78, 5) is 0. The van der Waals surface area contributed by atoms with E-state index in [1.54, 1.807) is 0 Å². The third-order valence-electron chi connectivity index (χ3n) is 11.1. The molecule has 8 aromatic rings. The molecule has 2 aliphatic carbocycles. The Labute approximate surface area is 366 Å². The Morgan fingerprint density at radius 2 is 0.852 bits per heavy atom. The van der Waals surface area contributed by atoms with Crippen molar-refractivity contribution in [2.45, 2.75) is 61.8 Å². The van der Waals surface area contributed by atoms with Crippen molar-refractivity contribution in [1.82, 2.24) is 0 Å². The molecule has 0 aliphatic heterocycles. The van der Waals surface area contributed by atoms with E-state index >= 15 is 0 Å². The average Bonchev–Trinajstić information content (AvgIpc) is 3.94. The van der Waals surface area contributed by atoms with Crippen LogP contribution in [0, 0.1) is 34.6 Å². The molecule has 0 heterocycles. The number of hydrogen-bond donors (Lipinski definition) is 0. The second kappa shape index (κ2) is 21.5. The van der Waals surface area contributed by atoms with E-state index in [1.807, 2.05) is 38.1 Å². The van der Waals surface area contributed by atoms with Gasteiger partial charge in [-0.15, -0.1) is 0 Å². The van der Waals surface area contributed by atoms with Crippen LogP contribution in [0.5, 0.6) is 0 Å². The zero-order valence-electron chi connectivity index (χ0n) is 37.3. The Morgan fingerprint density at radius 1 is 0.361 bits per heavy atom. The number of allylic oxidation sites excluding steroid dienone is 5. The lowest BCUT2D eigenvalue weighted by Crippen LogP contribution is -1.92. The Hall–Kier alpha value is -6.76. The molecule has 0 atom stereocenters. The van der Waals surface area contributed by atoms with Crippen molar-refractivity contribution >= 4 is 27.5 Å². The van der Waals surface area contributed by atoms with E-state index in [9.17, 15) is 0 Å². The summed E-state index contributed by atoms with van der Waals surface area (Å²) in [6, 6.07) is 66.9. The van der Waals surface area contributed by atoms with Crippen LogP contribution in [0.2, 0.25) is 0 Å². The zero-order valence-corrected chi connectivity index (χ0v) is 37.3. The summed E-state index contributed by atoms with van der Waals surface area (Å²) in [5, 5.41) is 2.72. The van der Waals surface area contributed by atoms with Gasteiger partial charge in [-0.05, 0) is 132 Å². The molecule has 0 saturated carbocycles. The van der Waals surface area contributed by atoms with Gasteiger partial charge in [-0.2, -0.15) is 0 Å². The predicted molar refractivity (Wildman–Crippen MR) is 269 cm³/mol. The smallest absolute Gasteiger partial charge is 0.00296 e. The number of aryl methyl sites for hydroxylation is 5. The molecule has 304 valence electrons. The molecule has 61 heavy (non-hydrogen) atoms. The number of rotatable bonds is 4. The molecule has 0 heteroatoms. The van der Waals surface area contributed by atoms with Gasteiger partial charge in [0.25, 0.3) is 0 Å². The first-order valence-electron chi connectivity index (χ1n) is 21.7. The minimum atomic E-state index is 1.09. The van der Waals surface area contributed by atoms with E-state index in [-0.39, 0.29) is 0 Å². The Morgan fingerprint density at radius 3 is 1.43 bits per heavy atom. The summed E-state index contributed by atoms with van der Waals surface area (Å²) >= 11 is 0. The van der Waals surface area contributed by atoms with Crippen molar-refractivity contribution < 1.29 is 0 Å². The zero-order chi connectivity index (χ0) is 43.1. The van der Waals surface area contributed by atoms with Crippen molar-refractivity contribution in [1.29, 1.82) is 0 Å². The summed E-state index contributed by atoms with van der Waals surface area (Å²) in [5.74, 6) is 0. The lowest BCUT2D eigenvalue weighted by Gasteiger charge is -2.14. The number of hydrogen-bond acceptors (Lipinski definition) is 0. The molecule has 0 bridgehead atoms. The normalized spacial score (nSPS) is 11.8. The average molecular weight is 793 g/mol. The largest absolute Gasteiger partial charge is 0.0801 e. The molecule has 10 rings (SSSR count). The first-order chi connectivity index (χ1) is 29.7. The first-order valence-corrected chi connectivity index (χ1v) is 21.7. The lowest BCUT2D eigenvalue weighted by atomic mass is 9.90. The van der Waals surface area contributed by atoms with Gasteiger partial charge in [0.1, 0.15) is 0 Å². The van der Waals surface area contributed by atoms with Crippen LogP contribution in [-0.2, 0) is 0 Å². The van der Waals surface area contributed by atoms with Crippen molar-refractivity contribution in [3.8, 4) is 22.3 Å². The highest BCUT2D eigenvalue weighted by atomic mass is 14.3. The van der Waals surface area contributed by atoms with Crippen molar-refractivity contribution in [3.05, 3.63) is 256 Å². The summed E-state index contributed by atoms with van der Waals surface area (Å²) in [6.07, 6.45) is 7.58. The monoisotopic (exact) mass is 792 g/mol. The van der Waals surface area contributed by atoms with E-state index in [2.05, 4.69) is 224 Å². The van der Waals surface area contributed by atoms with Gasteiger partial charge in [-0.3, -0.25) is 0 Å². The van der Waals surface area contributed by atoms with Crippen LogP contribution in [0.25, 0.3) is 49.7 Å². The molecule has 0 spiro atoms. The molecule has 0 fully saturated rings. The summed E-state index contributed by atoms with van der Waals surface area (Å²) in [6.45, 7) is 16.9. The van der Waals surface area contributed by atoms with Crippen molar-refractivity contribution in [2.75, 3.05) is 0 Å². The van der Waals surface area contributed by atoms with Crippen LogP contribution in [0.4, 0.5) is 0 Å². The first kappa shape index (κ1) is 43.8. The number of benzene rings is 8. The van der Waals surface area contributed by atoms with Gasteiger partial charge in [0.05, 0.1) is 0 Å². The fraction of sp³-hybridized carbons (Fsp3) is 0.148. The van der Waals surface area contributed by atoms with E-state index in [0.717, 1.165) is 6.42 Å². The van der Waals surface area contributed by atoms with Crippen molar-refractivity contribution in [3.63, 3.8) is 0 Å². The fourth-order valence-corrected chi connectivity index (χ4v) is 7.78. The third-order valence-corrected chi connectivity index (χ3v) is 11.1. The summed E-state index contributed by atoms with van der Waals surface area (Å²) < 4.78 is 0. The van der Waals surface area contributed by atoms with Gasteiger partial charge in [0.2, 0.25) is 0 Å². The maximum Gasteiger partial charge on any atom is -0.00296 e. The SMILES string of the molecule is CC.CC1=C(c2cc(-c3cccc(C)c3)ccc2C)c2cccc3cccc1c23.Cc1ccc(-c2ccccc2)cc1.Cc1ccc(C2=CC=CC2)cc1.Cc1ccccc1. The lowest BCUT2D eigenvalue weighted by molar-refractivity contribution is 1.40. The molecule has 2 aliphatic rings. The van der Waals surface area contributed by atoms with Gasteiger partial charge in [-0.1, -0.05) is 236 Å². The molecule has 0 saturated heterocycles.